The van der Waals surface area contributed by atoms with Crippen molar-refractivity contribution in [3.8, 4) is 5.75 Å². The summed E-state index contributed by atoms with van der Waals surface area (Å²) in [6, 6.07) is 7.98. The molecule has 0 radical (unpaired) electrons. The quantitative estimate of drug-likeness (QED) is 0.332. The van der Waals surface area contributed by atoms with Crippen molar-refractivity contribution >= 4 is 46.5 Å². The van der Waals surface area contributed by atoms with Gasteiger partial charge in [0.1, 0.15) is 5.75 Å². The van der Waals surface area contributed by atoms with Gasteiger partial charge in [-0.3, -0.25) is 4.79 Å². The standard InChI is InChI=1S/C17H19Cl3N2O2.C2H4O2/c1-9(17(24)10-2-4-12(23)5-3-10)22-7-6-11-8-13(18)16(21)15(20)14(11)19;1-2(3)4/h2-5,8-9,17,22-24H,6-7,21H2,1H3;1H3,(H,3,4)/t9-,17-;/m0./s1. The maximum Gasteiger partial charge on any atom is 0.300 e. The molecule has 2 aromatic rings. The molecule has 0 amide bonds. The molecule has 28 heavy (non-hydrogen) atoms. The van der Waals surface area contributed by atoms with Crippen molar-refractivity contribution in [2.75, 3.05) is 12.3 Å². The highest BCUT2D eigenvalue weighted by molar-refractivity contribution is 6.46. The third-order valence-corrected chi connectivity index (χ3v) is 5.07. The molecule has 2 rings (SSSR count). The fraction of sp³-hybridized carbons (Fsp3) is 0.316. The van der Waals surface area contributed by atoms with Crippen molar-refractivity contribution in [3.63, 3.8) is 0 Å². The number of phenolic OH excluding ortho intramolecular Hbond substituents is 1. The van der Waals surface area contributed by atoms with Gasteiger partial charge in [0, 0.05) is 13.0 Å². The Hall–Kier alpha value is -1.70. The molecule has 0 aliphatic carbocycles. The number of carboxylic acid groups (broad SMARTS) is 1. The molecule has 0 saturated carbocycles. The van der Waals surface area contributed by atoms with Crippen LogP contribution in [0.5, 0.6) is 5.75 Å². The summed E-state index contributed by atoms with van der Waals surface area (Å²) in [7, 11) is 0. The molecule has 0 unspecified atom stereocenters. The van der Waals surface area contributed by atoms with E-state index >= 15 is 0 Å². The monoisotopic (exact) mass is 448 g/mol. The van der Waals surface area contributed by atoms with Crippen LogP contribution in [0.1, 0.15) is 31.1 Å². The van der Waals surface area contributed by atoms with Gasteiger partial charge in [0.2, 0.25) is 0 Å². The molecule has 6 nitrogen and oxygen atoms in total. The van der Waals surface area contributed by atoms with Gasteiger partial charge in [-0.05, 0) is 49.2 Å². The molecule has 0 aliphatic rings. The highest BCUT2D eigenvalue weighted by Gasteiger charge is 2.17. The average molecular weight is 450 g/mol. The van der Waals surface area contributed by atoms with E-state index < -0.39 is 12.1 Å². The third-order valence-electron chi connectivity index (χ3n) is 3.84. The minimum Gasteiger partial charge on any atom is -0.508 e. The van der Waals surface area contributed by atoms with Crippen LogP contribution in [0, 0.1) is 0 Å². The van der Waals surface area contributed by atoms with Crippen LogP contribution >= 0.6 is 34.8 Å². The maximum absolute atomic E-state index is 10.3. The Kier molecular flexibility index (Phi) is 9.85. The largest absolute Gasteiger partial charge is 0.508 e. The summed E-state index contributed by atoms with van der Waals surface area (Å²) in [6.45, 7) is 3.54. The molecule has 0 aromatic heterocycles. The second kappa shape index (κ2) is 11.3. The molecule has 0 bridgehead atoms. The second-order valence-corrected chi connectivity index (χ2v) is 7.27. The van der Waals surface area contributed by atoms with Crippen LogP contribution < -0.4 is 11.1 Å². The number of phenols is 1. The van der Waals surface area contributed by atoms with Crippen molar-refractivity contribution in [2.45, 2.75) is 32.4 Å². The van der Waals surface area contributed by atoms with Crippen molar-refractivity contribution < 1.29 is 20.1 Å². The Morgan fingerprint density at radius 2 is 1.71 bits per heavy atom. The zero-order chi connectivity index (χ0) is 21.4. The van der Waals surface area contributed by atoms with Crippen molar-refractivity contribution in [2.24, 2.45) is 0 Å². The van der Waals surface area contributed by atoms with E-state index in [9.17, 15) is 10.2 Å². The molecular weight excluding hydrogens is 427 g/mol. The number of nitrogen functional groups attached to an aromatic ring is 1. The molecular formula is C19H23Cl3N2O4. The molecule has 0 saturated heterocycles. The molecule has 0 spiro atoms. The van der Waals surface area contributed by atoms with Crippen LogP contribution in [0.15, 0.2) is 30.3 Å². The van der Waals surface area contributed by atoms with Gasteiger partial charge in [0.05, 0.1) is 26.9 Å². The number of halogens is 3. The number of benzene rings is 2. The first kappa shape index (κ1) is 24.3. The molecule has 154 valence electrons. The number of aliphatic carboxylic acids is 1. The first-order valence-electron chi connectivity index (χ1n) is 8.36. The number of anilines is 1. The summed E-state index contributed by atoms with van der Waals surface area (Å²) >= 11 is 18.3. The number of nitrogens with one attached hydrogen (secondary N) is 1. The van der Waals surface area contributed by atoms with E-state index in [1.165, 1.54) is 0 Å². The highest BCUT2D eigenvalue weighted by Crippen LogP contribution is 2.36. The van der Waals surface area contributed by atoms with Gasteiger partial charge in [-0.25, -0.2) is 0 Å². The molecule has 6 N–H and O–H groups in total. The zero-order valence-corrected chi connectivity index (χ0v) is 17.7. The fourth-order valence-corrected chi connectivity index (χ4v) is 3.09. The van der Waals surface area contributed by atoms with Crippen molar-refractivity contribution in [1.29, 1.82) is 0 Å². The van der Waals surface area contributed by atoms with Crippen molar-refractivity contribution in [3.05, 3.63) is 56.5 Å². The lowest BCUT2D eigenvalue weighted by Gasteiger charge is -2.21. The summed E-state index contributed by atoms with van der Waals surface area (Å²) in [5, 5.41) is 31.3. The number of nitrogens with two attached hydrogens (primary N) is 1. The summed E-state index contributed by atoms with van der Waals surface area (Å²) in [6.07, 6.45) is -0.106. The first-order valence-corrected chi connectivity index (χ1v) is 9.49. The molecule has 0 fully saturated rings. The highest BCUT2D eigenvalue weighted by atomic mass is 35.5. The maximum atomic E-state index is 10.3. The van der Waals surface area contributed by atoms with E-state index in [2.05, 4.69) is 5.32 Å². The van der Waals surface area contributed by atoms with Gasteiger partial charge in [-0.1, -0.05) is 46.9 Å². The minimum absolute atomic E-state index is 0.165. The first-order chi connectivity index (χ1) is 13.0. The van der Waals surface area contributed by atoms with Gasteiger partial charge in [0.25, 0.3) is 5.97 Å². The van der Waals surface area contributed by atoms with Crippen LogP contribution in [-0.2, 0) is 11.2 Å². The van der Waals surface area contributed by atoms with Crippen LogP contribution in [-0.4, -0.2) is 33.9 Å². The Labute approximate surface area is 178 Å². The lowest BCUT2D eigenvalue weighted by atomic mass is 10.0. The number of aliphatic hydroxyl groups excluding tert-OH is 1. The lowest BCUT2D eigenvalue weighted by molar-refractivity contribution is -0.134. The van der Waals surface area contributed by atoms with Gasteiger partial charge in [-0.2, -0.15) is 0 Å². The number of carboxylic acids is 1. The molecule has 0 heterocycles. The SMILES string of the molecule is CC(=O)O.C[C@H](NCCc1cc(Cl)c(N)c(Cl)c1Cl)[C@H](O)c1ccc(O)cc1. The van der Waals surface area contributed by atoms with E-state index in [0.29, 0.717) is 23.0 Å². The predicted octanol–water partition coefficient (Wildman–Crippen LogP) is 4.28. The van der Waals surface area contributed by atoms with E-state index in [-0.39, 0.29) is 22.5 Å². The lowest BCUT2D eigenvalue weighted by Crippen LogP contribution is -2.33. The summed E-state index contributed by atoms with van der Waals surface area (Å²) in [5.74, 6) is -0.668. The summed E-state index contributed by atoms with van der Waals surface area (Å²) in [4.78, 5) is 9.00. The van der Waals surface area contributed by atoms with Gasteiger partial charge in [-0.15, -0.1) is 0 Å². The predicted molar refractivity (Wildman–Crippen MR) is 113 cm³/mol. The van der Waals surface area contributed by atoms with E-state index in [1.54, 1.807) is 30.3 Å². The number of hydrogen-bond acceptors (Lipinski definition) is 5. The van der Waals surface area contributed by atoms with Crippen LogP contribution in [0.4, 0.5) is 5.69 Å². The Balaban J connectivity index is 0.000000892. The fourth-order valence-electron chi connectivity index (χ4n) is 2.35. The third kappa shape index (κ3) is 7.37. The molecule has 9 heteroatoms. The van der Waals surface area contributed by atoms with Crippen molar-refractivity contribution in [1.82, 2.24) is 5.32 Å². The summed E-state index contributed by atoms with van der Waals surface area (Å²) in [5.41, 5.74) is 7.52. The van der Waals surface area contributed by atoms with E-state index in [1.807, 2.05) is 6.92 Å². The second-order valence-electron chi connectivity index (χ2n) is 6.11. The smallest absolute Gasteiger partial charge is 0.300 e. The van der Waals surface area contributed by atoms with Gasteiger partial charge >= 0.3 is 0 Å². The number of aliphatic hydroxyl groups is 1. The Bertz CT molecular complexity index is 797. The minimum atomic E-state index is -0.833. The Morgan fingerprint density at radius 3 is 2.25 bits per heavy atom. The number of aromatic hydroxyl groups is 1. The number of rotatable bonds is 6. The number of carbonyl (C=O) groups is 1. The average Bonchev–Trinajstić information content (AvgIpc) is 2.63. The van der Waals surface area contributed by atoms with Crippen LogP contribution in [0.2, 0.25) is 15.1 Å². The van der Waals surface area contributed by atoms with E-state index in [0.717, 1.165) is 18.1 Å². The zero-order valence-electron chi connectivity index (χ0n) is 15.4. The normalized spacial score (nSPS) is 12.6. The topological polar surface area (TPSA) is 116 Å². The van der Waals surface area contributed by atoms with E-state index in [4.69, 9.17) is 50.4 Å². The molecule has 2 atom stereocenters. The van der Waals surface area contributed by atoms with Crippen LogP contribution in [0.3, 0.4) is 0 Å². The van der Waals surface area contributed by atoms with Crippen LogP contribution in [0.25, 0.3) is 0 Å². The molecule has 0 aliphatic heterocycles. The van der Waals surface area contributed by atoms with Gasteiger partial charge < -0.3 is 26.4 Å². The van der Waals surface area contributed by atoms with Gasteiger partial charge in [0.15, 0.2) is 0 Å². The summed E-state index contributed by atoms with van der Waals surface area (Å²) < 4.78 is 0. The number of hydrogen-bond donors (Lipinski definition) is 5. The Morgan fingerprint density at radius 1 is 1.18 bits per heavy atom. The molecule has 2 aromatic carbocycles.